The zero-order chi connectivity index (χ0) is 24.7. The zero-order valence-electron chi connectivity index (χ0n) is 20.7. The van der Waals surface area contributed by atoms with Crippen LogP contribution >= 0.6 is 0 Å². The highest BCUT2D eigenvalue weighted by molar-refractivity contribution is 6.07. The number of ether oxygens (including phenoxy) is 4. The van der Waals surface area contributed by atoms with E-state index in [1.165, 1.54) is 0 Å². The van der Waals surface area contributed by atoms with Crippen LogP contribution in [0, 0.1) is 0 Å². The smallest absolute Gasteiger partial charge is 0.231 e. The summed E-state index contributed by atoms with van der Waals surface area (Å²) < 4.78 is 23.7. The first-order valence-electron chi connectivity index (χ1n) is 12.6. The molecule has 2 aliphatic rings. The maximum atomic E-state index is 11.4. The molecule has 0 spiro atoms. The van der Waals surface area contributed by atoms with Crippen molar-refractivity contribution in [3.8, 4) is 39.5 Å². The number of rotatable bonds is 7. The Balaban J connectivity index is 1.76. The van der Waals surface area contributed by atoms with Crippen molar-refractivity contribution in [2.45, 2.75) is 31.8 Å². The molecule has 1 unspecified atom stereocenters. The fraction of sp³-hybridized carbons (Fsp3) is 0.290. The Bertz CT molecular complexity index is 1440. The summed E-state index contributed by atoms with van der Waals surface area (Å²) in [5.41, 5.74) is 5.77. The lowest BCUT2D eigenvalue weighted by Gasteiger charge is -2.37. The van der Waals surface area contributed by atoms with Gasteiger partial charge in [0.2, 0.25) is 6.79 Å². The van der Waals surface area contributed by atoms with E-state index >= 15 is 0 Å². The molecular formula is C31H30O5. The number of methoxy groups -OCH3 is 1. The first-order chi connectivity index (χ1) is 17.7. The van der Waals surface area contributed by atoms with Gasteiger partial charge in [0, 0.05) is 18.1 Å². The van der Waals surface area contributed by atoms with Crippen LogP contribution in [-0.4, -0.2) is 32.2 Å². The van der Waals surface area contributed by atoms with Gasteiger partial charge in [-0.05, 0) is 57.8 Å². The van der Waals surface area contributed by atoms with Crippen LogP contribution in [0.25, 0.3) is 33.0 Å². The fourth-order valence-electron chi connectivity index (χ4n) is 5.77. The predicted octanol–water partition coefficient (Wildman–Crippen LogP) is 7.02. The molecule has 1 N–H and O–H groups in total. The van der Waals surface area contributed by atoms with Gasteiger partial charge in [-0.1, -0.05) is 68.3 Å². The van der Waals surface area contributed by atoms with Crippen LogP contribution in [0.4, 0.5) is 0 Å². The second-order valence-corrected chi connectivity index (χ2v) is 9.43. The first kappa shape index (κ1) is 22.9. The number of hydrogen-bond acceptors (Lipinski definition) is 5. The van der Waals surface area contributed by atoms with E-state index in [2.05, 4.69) is 55.5 Å². The Morgan fingerprint density at radius 2 is 1.53 bits per heavy atom. The Labute approximate surface area is 211 Å². The third-order valence-electron chi connectivity index (χ3n) is 7.41. The summed E-state index contributed by atoms with van der Waals surface area (Å²) in [5, 5.41) is 13.1. The van der Waals surface area contributed by atoms with Crippen molar-refractivity contribution in [1.29, 1.82) is 0 Å². The van der Waals surface area contributed by atoms with Gasteiger partial charge < -0.3 is 24.1 Å². The van der Waals surface area contributed by atoms with Crippen molar-refractivity contribution in [2.24, 2.45) is 0 Å². The van der Waals surface area contributed by atoms with Crippen LogP contribution in [0.3, 0.4) is 0 Å². The lowest BCUT2D eigenvalue weighted by Crippen LogP contribution is -2.33. The molecule has 1 aliphatic heterocycles. The van der Waals surface area contributed by atoms with Crippen molar-refractivity contribution in [1.82, 2.24) is 0 Å². The molecule has 1 aliphatic carbocycles. The number of phenolic OH excluding ortho intramolecular Hbond substituents is 1. The van der Waals surface area contributed by atoms with E-state index in [-0.39, 0.29) is 12.5 Å². The normalized spacial score (nSPS) is 17.4. The summed E-state index contributed by atoms with van der Waals surface area (Å²) in [6, 6.07) is 22.8. The van der Waals surface area contributed by atoms with E-state index in [0.29, 0.717) is 24.7 Å². The van der Waals surface area contributed by atoms with Gasteiger partial charge in [-0.25, -0.2) is 0 Å². The van der Waals surface area contributed by atoms with E-state index in [1.807, 2.05) is 18.2 Å². The van der Waals surface area contributed by atoms with Crippen molar-refractivity contribution < 1.29 is 24.1 Å². The zero-order valence-corrected chi connectivity index (χ0v) is 20.7. The summed E-state index contributed by atoms with van der Waals surface area (Å²) in [7, 11) is 1.69. The highest BCUT2D eigenvalue weighted by Crippen LogP contribution is 2.55. The first-order valence-corrected chi connectivity index (χ1v) is 12.6. The Kier molecular flexibility index (Phi) is 5.82. The standard InChI is InChI=1S/C31H30O5/c1-3-4-13-31(36-15-14-33-2)25-12-8-7-10-21(25)20-9-5-6-11-22(20)30-24-17-29-28(34-19-35-29)16-23(24)27(32)18-26(30)31/h5-12,16-18,32H,3-4,13-15,19H2,1-2H3. The average molecular weight is 483 g/mol. The highest BCUT2D eigenvalue weighted by Gasteiger charge is 2.42. The SMILES string of the molecule is CCCCC1(OCCOC)c2ccccc2-c2ccccc2-c2c1cc(O)c1cc3c(cc21)OCO3. The second kappa shape index (κ2) is 9.16. The summed E-state index contributed by atoms with van der Waals surface area (Å²) in [6.45, 7) is 3.29. The minimum Gasteiger partial charge on any atom is -0.507 e. The minimum atomic E-state index is -0.762. The molecule has 0 saturated carbocycles. The molecule has 4 aromatic rings. The number of unbranched alkanes of at least 4 members (excludes halogenated alkanes) is 1. The summed E-state index contributed by atoms with van der Waals surface area (Å²) in [6.07, 6.45) is 2.77. The van der Waals surface area contributed by atoms with Crippen LogP contribution in [0.1, 0.15) is 37.3 Å². The van der Waals surface area contributed by atoms with Crippen LogP contribution in [0.2, 0.25) is 0 Å². The van der Waals surface area contributed by atoms with Crippen molar-refractivity contribution >= 4 is 10.8 Å². The molecule has 5 heteroatoms. The van der Waals surface area contributed by atoms with Gasteiger partial charge in [-0.2, -0.15) is 0 Å². The van der Waals surface area contributed by atoms with Gasteiger partial charge in [0.15, 0.2) is 11.5 Å². The molecule has 4 aromatic carbocycles. The van der Waals surface area contributed by atoms with E-state index in [9.17, 15) is 5.11 Å². The molecule has 0 aromatic heterocycles. The number of hydrogen-bond donors (Lipinski definition) is 1. The largest absolute Gasteiger partial charge is 0.507 e. The maximum Gasteiger partial charge on any atom is 0.231 e. The van der Waals surface area contributed by atoms with Gasteiger partial charge in [-0.3, -0.25) is 0 Å². The number of phenols is 1. The second-order valence-electron chi connectivity index (χ2n) is 9.43. The number of fused-ring (bicyclic) bond motifs is 8. The van der Waals surface area contributed by atoms with Crippen molar-refractivity contribution in [3.63, 3.8) is 0 Å². The van der Waals surface area contributed by atoms with E-state index in [0.717, 1.165) is 63.4 Å². The number of benzene rings is 4. The summed E-state index contributed by atoms with van der Waals surface area (Å²) >= 11 is 0. The molecule has 0 bridgehead atoms. The van der Waals surface area contributed by atoms with Crippen LogP contribution in [0.5, 0.6) is 17.2 Å². The molecule has 0 saturated heterocycles. The van der Waals surface area contributed by atoms with Gasteiger partial charge >= 0.3 is 0 Å². The van der Waals surface area contributed by atoms with Gasteiger partial charge in [0.1, 0.15) is 11.4 Å². The predicted molar refractivity (Wildman–Crippen MR) is 141 cm³/mol. The third-order valence-corrected chi connectivity index (χ3v) is 7.41. The van der Waals surface area contributed by atoms with Gasteiger partial charge in [0.05, 0.1) is 13.2 Å². The molecule has 36 heavy (non-hydrogen) atoms. The monoisotopic (exact) mass is 482 g/mol. The van der Waals surface area contributed by atoms with E-state index < -0.39 is 5.60 Å². The number of aromatic hydroxyl groups is 1. The molecule has 1 heterocycles. The molecular weight excluding hydrogens is 452 g/mol. The highest BCUT2D eigenvalue weighted by atomic mass is 16.7. The summed E-state index contributed by atoms with van der Waals surface area (Å²) in [4.78, 5) is 0. The van der Waals surface area contributed by atoms with Crippen LogP contribution in [-0.2, 0) is 15.1 Å². The van der Waals surface area contributed by atoms with Crippen molar-refractivity contribution in [3.05, 3.63) is 77.9 Å². The average Bonchev–Trinajstić information content (AvgIpc) is 3.34. The van der Waals surface area contributed by atoms with E-state index in [4.69, 9.17) is 18.9 Å². The third kappa shape index (κ3) is 3.46. The van der Waals surface area contributed by atoms with Gasteiger partial charge in [-0.15, -0.1) is 0 Å². The lowest BCUT2D eigenvalue weighted by molar-refractivity contribution is -0.0459. The Morgan fingerprint density at radius 3 is 2.28 bits per heavy atom. The summed E-state index contributed by atoms with van der Waals surface area (Å²) in [5.74, 6) is 1.54. The molecule has 5 nitrogen and oxygen atoms in total. The van der Waals surface area contributed by atoms with Crippen LogP contribution < -0.4 is 9.47 Å². The minimum absolute atomic E-state index is 0.178. The molecule has 0 fully saturated rings. The van der Waals surface area contributed by atoms with E-state index in [1.54, 1.807) is 7.11 Å². The Morgan fingerprint density at radius 1 is 0.833 bits per heavy atom. The Hall–Kier alpha value is -3.54. The maximum absolute atomic E-state index is 11.4. The quantitative estimate of drug-likeness (QED) is 0.287. The van der Waals surface area contributed by atoms with Crippen molar-refractivity contribution in [2.75, 3.05) is 27.1 Å². The van der Waals surface area contributed by atoms with Gasteiger partial charge in [0.25, 0.3) is 0 Å². The molecule has 184 valence electrons. The molecule has 6 rings (SSSR count). The lowest BCUT2D eigenvalue weighted by atomic mass is 9.77. The molecule has 0 amide bonds. The topological polar surface area (TPSA) is 57.2 Å². The molecule has 0 radical (unpaired) electrons. The molecule has 1 atom stereocenters. The fourth-order valence-corrected chi connectivity index (χ4v) is 5.77. The van der Waals surface area contributed by atoms with Crippen LogP contribution in [0.15, 0.2) is 66.7 Å².